The molecule has 3 rings (SSSR count). The maximum Gasteiger partial charge on any atom is 0.141 e. The quantitative estimate of drug-likeness (QED) is 0.693. The monoisotopic (exact) mass is 363 g/mol. The van der Waals surface area contributed by atoms with Crippen LogP contribution in [0, 0.1) is 6.92 Å². The predicted octanol–water partition coefficient (Wildman–Crippen LogP) is 4.51. The van der Waals surface area contributed by atoms with E-state index in [1.165, 1.54) is 0 Å². The van der Waals surface area contributed by atoms with Crippen LogP contribution in [0.1, 0.15) is 5.56 Å². The Hall–Kier alpha value is -2.24. The zero-order chi connectivity index (χ0) is 17.4. The van der Waals surface area contributed by atoms with E-state index in [0.717, 1.165) is 16.5 Å². The van der Waals surface area contributed by atoms with Gasteiger partial charge in [-0.05, 0) is 13.0 Å². The summed E-state index contributed by atoms with van der Waals surface area (Å²) < 4.78 is 10.8. The Kier molecular flexibility index (Phi) is 4.39. The SMILES string of the molecule is COc1cc(OC)c(Cl)c(-c2cc3cnc(Cl)cc3nc2N)c1C. The van der Waals surface area contributed by atoms with E-state index < -0.39 is 0 Å². The molecular weight excluding hydrogens is 349 g/mol. The van der Waals surface area contributed by atoms with Crippen molar-refractivity contribution in [2.24, 2.45) is 0 Å². The van der Waals surface area contributed by atoms with Crippen molar-refractivity contribution >= 4 is 39.9 Å². The van der Waals surface area contributed by atoms with E-state index >= 15 is 0 Å². The summed E-state index contributed by atoms with van der Waals surface area (Å²) in [4.78, 5) is 8.51. The van der Waals surface area contributed by atoms with Crippen molar-refractivity contribution in [2.75, 3.05) is 20.0 Å². The molecule has 0 fully saturated rings. The number of rotatable bonds is 3. The fourth-order valence-electron chi connectivity index (χ4n) is 2.64. The molecule has 0 spiro atoms. The van der Waals surface area contributed by atoms with Gasteiger partial charge in [0, 0.05) is 40.4 Å². The first-order valence-electron chi connectivity index (χ1n) is 7.09. The van der Waals surface area contributed by atoms with Gasteiger partial charge in [0.2, 0.25) is 0 Å². The van der Waals surface area contributed by atoms with Gasteiger partial charge >= 0.3 is 0 Å². The number of nitrogens with two attached hydrogens (primary N) is 1. The Morgan fingerprint density at radius 3 is 2.42 bits per heavy atom. The highest BCUT2D eigenvalue weighted by molar-refractivity contribution is 6.35. The number of pyridine rings is 2. The largest absolute Gasteiger partial charge is 0.496 e. The molecule has 0 radical (unpaired) electrons. The highest BCUT2D eigenvalue weighted by Crippen LogP contribution is 2.44. The number of hydrogen-bond donors (Lipinski definition) is 1. The van der Waals surface area contributed by atoms with Gasteiger partial charge in [0.15, 0.2) is 0 Å². The van der Waals surface area contributed by atoms with Crippen molar-refractivity contribution < 1.29 is 9.47 Å². The molecule has 0 aliphatic heterocycles. The first-order chi connectivity index (χ1) is 11.5. The van der Waals surface area contributed by atoms with E-state index in [1.54, 1.807) is 32.5 Å². The van der Waals surface area contributed by atoms with Crippen LogP contribution in [-0.4, -0.2) is 24.2 Å². The molecule has 0 saturated heterocycles. The van der Waals surface area contributed by atoms with Crippen molar-refractivity contribution in [3.05, 3.63) is 40.1 Å². The second kappa shape index (κ2) is 6.34. The lowest BCUT2D eigenvalue weighted by Gasteiger charge is -2.17. The average Bonchev–Trinajstić information content (AvgIpc) is 2.55. The number of anilines is 1. The third-order valence-electron chi connectivity index (χ3n) is 3.85. The first kappa shape index (κ1) is 16.6. The van der Waals surface area contributed by atoms with Gasteiger partial charge in [0.25, 0.3) is 0 Å². The highest BCUT2D eigenvalue weighted by Gasteiger charge is 2.20. The molecule has 24 heavy (non-hydrogen) atoms. The summed E-state index contributed by atoms with van der Waals surface area (Å²) in [5.74, 6) is 1.49. The Morgan fingerprint density at radius 1 is 1.04 bits per heavy atom. The predicted molar refractivity (Wildman–Crippen MR) is 97.2 cm³/mol. The maximum atomic E-state index is 6.53. The number of halogens is 2. The third-order valence-corrected chi connectivity index (χ3v) is 4.43. The van der Waals surface area contributed by atoms with Crippen LogP contribution in [0.2, 0.25) is 10.2 Å². The molecule has 2 N–H and O–H groups in total. The molecule has 2 aromatic heterocycles. The molecule has 0 aliphatic carbocycles. The summed E-state index contributed by atoms with van der Waals surface area (Å²) in [6.45, 7) is 1.91. The van der Waals surface area contributed by atoms with Crippen LogP contribution in [0.5, 0.6) is 11.5 Å². The second-order valence-corrected chi connectivity index (χ2v) is 5.98. The first-order valence-corrected chi connectivity index (χ1v) is 7.85. The lowest BCUT2D eigenvalue weighted by molar-refractivity contribution is 0.393. The minimum Gasteiger partial charge on any atom is -0.496 e. The van der Waals surface area contributed by atoms with E-state index in [-0.39, 0.29) is 0 Å². The van der Waals surface area contributed by atoms with Crippen molar-refractivity contribution in [2.45, 2.75) is 6.92 Å². The molecule has 7 heteroatoms. The lowest BCUT2D eigenvalue weighted by Crippen LogP contribution is -2.00. The maximum absolute atomic E-state index is 6.53. The molecular formula is C17H15Cl2N3O2. The molecule has 1 aromatic carbocycles. The number of benzene rings is 1. The van der Waals surface area contributed by atoms with Gasteiger partial charge in [-0.3, -0.25) is 0 Å². The zero-order valence-corrected chi connectivity index (χ0v) is 14.9. The molecule has 5 nitrogen and oxygen atoms in total. The minimum absolute atomic E-state index is 0.338. The molecule has 124 valence electrons. The standard InChI is InChI=1S/C17H15Cl2N3O2/c1-8-12(23-2)6-13(24-3)16(19)15(8)10-4-9-7-21-14(18)5-11(9)22-17(10)20/h4-7H,1-3H3,(H2,20,22). The van der Waals surface area contributed by atoms with Crippen LogP contribution < -0.4 is 15.2 Å². The summed E-state index contributed by atoms with van der Waals surface area (Å²) in [7, 11) is 3.14. The van der Waals surface area contributed by atoms with E-state index in [4.69, 9.17) is 38.4 Å². The van der Waals surface area contributed by atoms with Crippen LogP contribution >= 0.6 is 23.2 Å². The number of hydrogen-bond acceptors (Lipinski definition) is 5. The minimum atomic E-state index is 0.338. The number of fused-ring (bicyclic) bond motifs is 1. The van der Waals surface area contributed by atoms with Gasteiger partial charge in [0.05, 0.1) is 24.8 Å². The summed E-state index contributed by atoms with van der Waals surface area (Å²) in [6.07, 6.45) is 1.65. The van der Waals surface area contributed by atoms with Crippen LogP contribution in [-0.2, 0) is 0 Å². The van der Waals surface area contributed by atoms with Gasteiger partial charge in [-0.15, -0.1) is 0 Å². The fourth-order valence-corrected chi connectivity index (χ4v) is 3.17. The summed E-state index contributed by atoms with van der Waals surface area (Å²) in [6, 6.07) is 5.29. The second-order valence-electron chi connectivity index (χ2n) is 5.22. The number of methoxy groups -OCH3 is 2. The topological polar surface area (TPSA) is 70.3 Å². The van der Waals surface area contributed by atoms with Gasteiger partial charge in [0.1, 0.15) is 22.5 Å². The third kappa shape index (κ3) is 2.70. The number of aromatic nitrogens is 2. The van der Waals surface area contributed by atoms with Crippen LogP contribution in [0.25, 0.3) is 22.0 Å². The lowest BCUT2D eigenvalue weighted by atomic mass is 9.98. The van der Waals surface area contributed by atoms with E-state index in [1.807, 2.05) is 13.0 Å². The average molecular weight is 364 g/mol. The van der Waals surface area contributed by atoms with Crippen molar-refractivity contribution in [3.8, 4) is 22.6 Å². The smallest absolute Gasteiger partial charge is 0.141 e. The molecule has 0 atom stereocenters. The summed E-state index contributed by atoms with van der Waals surface area (Å²) in [5, 5.41) is 1.62. The number of ether oxygens (including phenoxy) is 2. The Bertz CT molecular complexity index is 917. The number of nitrogens with zero attached hydrogens (tertiary/aromatic N) is 2. The van der Waals surface area contributed by atoms with Crippen LogP contribution in [0.3, 0.4) is 0 Å². The Labute approximate surface area is 149 Å². The Balaban J connectivity index is 2.34. The molecule has 2 heterocycles. The fraction of sp³-hybridized carbons (Fsp3) is 0.176. The van der Waals surface area contributed by atoms with Gasteiger partial charge in [-0.2, -0.15) is 0 Å². The van der Waals surface area contributed by atoms with Gasteiger partial charge in [-0.25, -0.2) is 9.97 Å². The molecule has 0 bridgehead atoms. The summed E-state index contributed by atoms with van der Waals surface area (Å²) >= 11 is 12.4. The van der Waals surface area contributed by atoms with Crippen molar-refractivity contribution in [1.29, 1.82) is 0 Å². The van der Waals surface area contributed by atoms with E-state index in [2.05, 4.69) is 9.97 Å². The van der Waals surface area contributed by atoms with Gasteiger partial charge in [-0.1, -0.05) is 23.2 Å². The molecule has 0 aliphatic rings. The van der Waals surface area contributed by atoms with Crippen LogP contribution in [0.15, 0.2) is 24.4 Å². The van der Waals surface area contributed by atoms with E-state index in [9.17, 15) is 0 Å². The van der Waals surface area contributed by atoms with Gasteiger partial charge < -0.3 is 15.2 Å². The molecule has 0 unspecified atom stereocenters. The number of nitrogen functional groups attached to an aromatic ring is 1. The molecule has 0 amide bonds. The Morgan fingerprint density at radius 2 is 1.75 bits per heavy atom. The summed E-state index contributed by atoms with van der Waals surface area (Å²) in [5.41, 5.74) is 9.09. The zero-order valence-electron chi connectivity index (χ0n) is 13.4. The van der Waals surface area contributed by atoms with Crippen molar-refractivity contribution in [3.63, 3.8) is 0 Å². The van der Waals surface area contributed by atoms with E-state index in [0.29, 0.717) is 38.6 Å². The highest BCUT2D eigenvalue weighted by atomic mass is 35.5. The normalized spacial score (nSPS) is 10.9. The molecule has 3 aromatic rings. The van der Waals surface area contributed by atoms with Crippen LogP contribution in [0.4, 0.5) is 5.82 Å². The molecule has 0 saturated carbocycles. The van der Waals surface area contributed by atoms with Crippen molar-refractivity contribution in [1.82, 2.24) is 9.97 Å².